The van der Waals surface area contributed by atoms with E-state index in [2.05, 4.69) is 111 Å². The first-order chi connectivity index (χ1) is 19.8. The average Bonchev–Trinajstić information content (AvgIpc) is 3.31. The van der Waals surface area contributed by atoms with E-state index >= 15 is 0 Å². The molecule has 2 heterocycles. The number of nitrogens with zero attached hydrogens (tertiary/aromatic N) is 1. The Morgan fingerprint density at radius 3 is 1.93 bits per heavy atom. The lowest BCUT2D eigenvalue weighted by molar-refractivity contribution is -0.177. The number of carbonyl (C=O) groups is 1. The van der Waals surface area contributed by atoms with Crippen LogP contribution in [0.15, 0.2) is 78.9 Å². The molecule has 3 aromatic carbocycles. The predicted molar refractivity (Wildman–Crippen MR) is 168 cm³/mol. The van der Waals surface area contributed by atoms with Crippen molar-refractivity contribution in [2.45, 2.75) is 96.0 Å². The zero-order valence-corrected chi connectivity index (χ0v) is 26.1. The highest BCUT2D eigenvalue weighted by molar-refractivity contribution is 6.45. The zero-order chi connectivity index (χ0) is 29.9. The largest absolute Gasteiger partial charge is 0.459 e. The lowest BCUT2D eigenvalue weighted by Gasteiger charge is -2.56. The van der Waals surface area contributed by atoms with Crippen LogP contribution < -0.4 is 0 Å². The van der Waals surface area contributed by atoms with Crippen LogP contribution in [0, 0.1) is 5.92 Å². The van der Waals surface area contributed by atoms with E-state index in [4.69, 9.17) is 14.0 Å². The van der Waals surface area contributed by atoms with Crippen LogP contribution in [-0.4, -0.2) is 47.4 Å². The van der Waals surface area contributed by atoms with Crippen LogP contribution in [0.25, 0.3) is 11.1 Å². The van der Waals surface area contributed by atoms with E-state index in [1.807, 2.05) is 20.8 Å². The molecule has 0 saturated carbocycles. The average molecular weight is 566 g/mol. The van der Waals surface area contributed by atoms with Gasteiger partial charge in [0.2, 0.25) is 0 Å². The number of ether oxygens (including phenoxy) is 1. The fraction of sp³-hybridized carbons (Fsp3) is 0.472. The van der Waals surface area contributed by atoms with E-state index in [1.165, 1.54) is 27.8 Å². The number of rotatable bonds is 7. The molecular weight excluding hydrogens is 521 g/mol. The van der Waals surface area contributed by atoms with Gasteiger partial charge in [0.1, 0.15) is 11.6 Å². The van der Waals surface area contributed by atoms with Gasteiger partial charge >= 0.3 is 13.1 Å². The normalized spacial score (nSPS) is 23.6. The molecule has 2 fully saturated rings. The molecule has 3 aromatic rings. The minimum Gasteiger partial charge on any atom is -0.459 e. The second-order valence-corrected chi connectivity index (χ2v) is 14.2. The first-order valence-electron chi connectivity index (χ1n) is 15.5. The molecule has 0 N–H and O–H groups in total. The highest BCUT2D eigenvalue weighted by Crippen LogP contribution is 2.57. The van der Waals surface area contributed by atoms with Gasteiger partial charge in [-0.2, -0.15) is 0 Å². The van der Waals surface area contributed by atoms with Crippen LogP contribution in [-0.2, 0) is 24.4 Å². The van der Waals surface area contributed by atoms with Gasteiger partial charge in [0.15, 0.2) is 0 Å². The highest BCUT2D eigenvalue weighted by Gasteiger charge is 2.59. The van der Waals surface area contributed by atoms with Gasteiger partial charge in [-0.3, -0.25) is 9.69 Å². The van der Waals surface area contributed by atoms with Crippen LogP contribution in [0.3, 0.4) is 0 Å². The second kappa shape index (κ2) is 10.4. The quantitative estimate of drug-likeness (QED) is 0.220. The summed E-state index contributed by atoms with van der Waals surface area (Å²) < 4.78 is 18.7. The highest BCUT2D eigenvalue weighted by atomic mass is 16.7. The molecule has 1 aliphatic carbocycles. The molecule has 2 saturated heterocycles. The first kappa shape index (κ1) is 29.2. The third kappa shape index (κ3) is 4.72. The lowest BCUT2D eigenvalue weighted by atomic mass is 9.71. The van der Waals surface area contributed by atoms with Gasteiger partial charge in [-0.25, -0.2) is 0 Å². The molecule has 6 rings (SSSR count). The standard InChI is InChI=1S/C36H44BNO4/c1-33(2,3)40-32(39)31-25(16-15-23-37-41-34(4,5)35(6,7)42-37)24-38(31)36(26-17-9-8-10-18-26)29-21-13-11-19-27(29)28-20-12-14-22-30(28)36/h8-14,17-22,25,31H,15-16,23-24H2,1-7H3/t25-,31-/m0/s1. The van der Waals surface area contributed by atoms with Gasteiger partial charge in [0.05, 0.1) is 16.7 Å². The fourth-order valence-electron chi connectivity index (χ4n) is 7.17. The molecule has 0 unspecified atom stereocenters. The maximum absolute atomic E-state index is 14.1. The van der Waals surface area contributed by atoms with E-state index in [-0.39, 0.29) is 36.2 Å². The Morgan fingerprint density at radius 1 is 0.857 bits per heavy atom. The molecule has 42 heavy (non-hydrogen) atoms. The number of benzene rings is 3. The Balaban J connectivity index is 1.36. The number of likely N-dealkylation sites (tertiary alicyclic amines) is 1. The number of hydrogen-bond donors (Lipinski definition) is 0. The van der Waals surface area contributed by atoms with E-state index in [9.17, 15) is 4.79 Å². The lowest BCUT2D eigenvalue weighted by Crippen LogP contribution is -2.68. The molecule has 220 valence electrons. The summed E-state index contributed by atoms with van der Waals surface area (Å²) in [5.74, 6) is 0.0225. The molecule has 0 amide bonds. The topological polar surface area (TPSA) is 48.0 Å². The predicted octanol–water partition coefficient (Wildman–Crippen LogP) is 7.47. The van der Waals surface area contributed by atoms with Crippen molar-refractivity contribution < 1.29 is 18.8 Å². The molecule has 6 heteroatoms. The Labute approximate surface area is 251 Å². The molecule has 5 nitrogen and oxygen atoms in total. The summed E-state index contributed by atoms with van der Waals surface area (Å²) in [4.78, 5) is 16.5. The van der Waals surface area contributed by atoms with Crippen LogP contribution in [0.1, 0.15) is 78.0 Å². The number of fused-ring (bicyclic) bond motifs is 3. The Kier molecular flexibility index (Phi) is 7.19. The summed E-state index contributed by atoms with van der Waals surface area (Å²) >= 11 is 0. The number of carbonyl (C=O) groups excluding carboxylic acids is 1. The molecule has 2 aliphatic heterocycles. The fourth-order valence-corrected chi connectivity index (χ4v) is 7.17. The van der Waals surface area contributed by atoms with Crippen LogP contribution in [0.4, 0.5) is 0 Å². The van der Waals surface area contributed by atoms with E-state index in [0.29, 0.717) is 0 Å². The first-order valence-corrected chi connectivity index (χ1v) is 15.5. The summed E-state index contributed by atoms with van der Waals surface area (Å²) in [5.41, 5.74) is 4.24. The van der Waals surface area contributed by atoms with Crippen molar-refractivity contribution in [1.29, 1.82) is 0 Å². The van der Waals surface area contributed by atoms with E-state index in [0.717, 1.165) is 25.7 Å². The molecule has 3 aliphatic rings. The number of hydrogen-bond acceptors (Lipinski definition) is 5. The van der Waals surface area contributed by atoms with E-state index in [1.54, 1.807) is 0 Å². The van der Waals surface area contributed by atoms with Gasteiger partial charge in [-0.05, 0) is 94.9 Å². The summed E-state index contributed by atoms with van der Waals surface area (Å²) in [7, 11) is -0.226. The summed E-state index contributed by atoms with van der Waals surface area (Å²) in [6, 6.07) is 27.6. The summed E-state index contributed by atoms with van der Waals surface area (Å²) in [6.07, 6.45) is 2.62. The van der Waals surface area contributed by atoms with Crippen LogP contribution in [0.5, 0.6) is 0 Å². The van der Waals surface area contributed by atoms with Crippen molar-refractivity contribution in [2.24, 2.45) is 5.92 Å². The van der Waals surface area contributed by atoms with Crippen molar-refractivity contribution >= 4 is 13.1 Å². The minimum atomic E-state index is -0.585. The molecule has 0 radical (unpaired) electrons. The number of esters is 1. The second-order valence-electron chi connectivity index (χ2n) is 14.2. The third-order valence-electron chi connectivity index (χ3n) is 9.72. The zero-order valence-electron chi connectivity index (χ0n) is 26.1. The maximum atomic E-state index is 14.1. The van der Waals surface area contributed by atoms with Crippen molar-refractivity contribution in [3.05, 3.63) is 95.6 Å². The van der Waals surface area contributed by atoms with Crippen LogP contribution >= 0.6 is 0 Å². The molecule has 0 spiro atoms. The van der Waals surface area contributed by atoms with Gasteiger partial charge in [0.25, 0.3) is 0 Å². The van der Waals surface area contributed by atoms with Gasteiger partial charge in [-0.1, -0.05) is 85.3 Å². The molecular formula is C36H44BNO4. The van der Waals surface area contributed by atoms with Crippen LogP contribution in [0.2, 0.25) is 6.32 Å². The smallest absolute Gasteiger partial charge is 0.457 e. The SMILES string of the molecule is CC(C)(C)OC(=O)[C@@H]1[C@@H](CCCB2OC(C)(C)C(C)(C)O2)CN1C1(c2ccccc2)c2ccccc2-c2ccccc21. The van der Waals surface area contributed by atoms with Crippen molar-refractivity contribution in [1.82, 2.24) is 4.90 Å². The van der Waals surface area contributed by atoms with Crippen molar-refractivity contribution in [3.8, 4) is 11.1 Å². The summed E-state index contributed by atoms with van der Waals surface area (Å²) in [5, 5.41) is 0. The minimum absolute atomic E-state index is 0.147. The third-order valence-corrected chi connectivity index (χ3v) is 9.72. The Bertz CT molecular complexity index is 1400. The Morgan fingerprint density at radius 2 is 1.38 bits per heavy atom. The molecule has 0 bridgehead atoms. The summed E-state index contributed by atoms with van der Waals surface area (Å²) in [6.45, 7) is 15.0. The van der Waals surface area contributed by atoms with Crippen molar-refractivity contribution in [3.63, 3.8) is 0 Å². The molecule has 0 aromatic heterocycles. The van der Waals surface area contributed by atoms with Gasteiger partial charge < -0.3 is 14.0 Å². The van der Waals surface area contributed by atoms with Crippen molar-refractivity contribution in [2.75, 3.05) is 6.54 Å². The van der Waals surface area contributed by atoms with Gasteiger partial charge in [-0.15, -0.1) is 0 Å². The molecule has 2 atom stereocenters. The monoisotopic (exact) mass is 565 g/mol. The van der Waals surface area contributed by atoms with E-state index < -0.39 is 11.1 Å². The Hall–Kier alpha value is -2.93. The maximum Gasteiger partial charge on any atom is 0.457 e. The van der Waals surface area contributed by atoms with Gasteiger partial charge in [0, 0.05) is 6.54 Å².